The third-order valence-electron chi connectivity index (χ3n) is 3.85. The quantitative estimate of drug-likeness (QED) is 0.585. The normalized spacial score (nSPS) is 11.5. The van der Waals surface area contributed by atoms with E-state index in [2.05, 4.69) is 25.6 Å². The number of benzene rings is 1. The van der Waals surface area contributed by atoms with Gasteiger partial charge < -0.3 is 5.32 Å². The van der Waals surface area contributed by atoms with Crippen LogP contribution in [0.3, 0.4) is 0 Å². The first-order chi connectivity index (χ1) is 13.4. The maximum atomic E-state index is 13.0. The smallest absolute Gasteiger partial charge is 0.305 e. The third-order valence-corrected chi connectivity index (χ3v) is 3.85. The monoisotopic (exact) mass is 384 g/mol. The van der Waals surface area contributed by atoms with Crippen LogP contribution in [0.1, 0.15) is 16.1 Å². The number of fused-ring (bicyclic) bond motifs is 1. The average Bonchev–Trinajstić information content (AvgIpc) is 3.11. The molecule has 7 nitrogen and oxygen atoms in total. The van der Waals surface area contributed by atoms with Crippen molar-refractivity contribution < 1.29 is 18.0 Å². The van der Waals surface area contributed by atoms with Gasteiger partial charge in [0, 0.05) is 11.8 Å². The highest BCUT2D eigenvalue weighted by molar-refractivity contribution is 6.02. The van der Waals surface area contributed by atoms with Crippen LogP contribution in [0.25, 0.3) is 17.0 Å². The van der Waals surface area contributed by atoms with Crippen molar-refractivity contribution in [1.82, 2.24) is 24.8 Å². The molecule has 1 aromatic carbocycles. The van der Waals surface area contributed by atoms with E-state index in [0.717, 1.165) is 12.1 Å². The number of rotatable bonds is 3. The fraction of sp³-hybridized carbons (Fsp3) is 0.0556. The van der Waals surface area contributed by atoms with E-state index in [-0.39, 0.29) is 17.1 Å². The summed E-state index contributed by atoms with van der Waals surface area (Å²) < 4.78 is 40.2. The Morgan fingerprint density at radius 2 is 1.86 bits per heavy atom. The van der Waals surface area contributed by atoms with Crippen molar-refractivity contribution >= 4 is 17.4 Å². The second-order valence-corrected chi connectivity index (χ2v) is 5.76. The van der Waals surface area contributed by atoms with E-state index >= 15 is 0 Å². The first kappa shape index (κ1) is 17.6. The molecular formula is C18H11F3N6O. The molecule has 0 radical (unpaired) electrons. The molecule has 0 unspecified atom stereocenters. The molecule has 0 atom stereocenters. The van der Waals surface area contributed by atoms with E-state index < -0.39 is 17.6 Å². The Morgan fingerprint density at radius 3 is 2.61 bits per heavy atom. The Morgan fingerprint density at radius 1 is 1.00 bits per heavy atom. The summed E-state index contributed by atoms with van der Waals surface area (Å²) in [5.74, 6) is -0.0888. The number of carbonyl (C=O) groups excluding carboxylic acids is 1. The van der Waals surface area contributed by atoms with Gasteiger partial charge in [0.2, 0.25) is 0 Å². The number of amides is 1. The van der Waals surface area contributed by atoms with Crippen LogP contribution < -0.4 is 5.32 Å². The van der Waals surface area contributed by atoms with Gasteiger partial charge in [-0.05, 0) is 36.4 Å². The molecule has 140 valence electrons. The maximum Gasteiger partial charge on any atom is 0.416 e. The van der Waals surface area contributed by atoms with E-state index in [1.54, 1.807) is 18.2 Å². The van der Waals surface area contributed by atoms with Crippen LogP contribution in [0.5, 0.6) is 0 Å². The van der Waals surface area contributed by atoms with Crippen LogP contribution in [0.2, 0.25) is 0 Å². The summed E-state index contributed by atoms with van der Waals surface area (Å²) in [6.07, 6.45) is -2.96. The van der Waals surface area contributed by atoms with Gasteiger partial charge in [-0.3, -0.25) is 4.79 Å². The third kappa shape index (κ3) is 3.39. The lowest BCUT2D eigenvalue weighted by Crippen LogP contribution is -2.16. The van der Waals surface area contributed by atoms with Crippen molar-refractivity contribution in [3.05, 3.63) is 72.1 Å². The minimum Gasteiger partial charge on any atom is -0.305 e. The standard InChI is InChI=1S/C18H11F3N6O/c19-18(20,21)12-5-3-4-11(10-12)16-25-24-15-8-7-13(26-27(15)16)17(28)23-14-6-1-2-9-22-14/h1-10H,(H,22,23,28). The highest BCUT2D eigenvalue weighted by Gasteiger charge is 2.30. The molecule has 0 aliphatic rings. The molecule has 3 heterocycles. The highest BCUT2D eigenvalue weighted by atomic mass is 19.4. The molecule has 10 heteroatoms. The number of aromatic nitrogens is 5. The highest BCUT2D eigenvalue weighted by Crippen LogP contribution is 2.31. The van der Waals surface area contributed by atoms with E-state index in [9.17, 15) is 18.0 Å². The Labute approximate surface area is 155 Å². The summed E-state index contributed by atoms with van der Waals surface area (Å²) in [5.41, 5.74) is -0.309. The van der Waals surface area contributed by atoms with E-state index in [1.807, 2.05) is 0 Å². The molecule has 4 aromatic rings. The first-order valence-corrected chi connectivity index (χ1v) is 8.04. The predicted octanol–water partition coefficient (Wildman–Crippen LogP) is 3.46. The molecule has 0 spiro atoms. The van der Waals surface area contributed by atoms with Gasteiger partial charge in [0.15, 0.2) is 11.5 Å². The van der Waals surface area contributed by atoms with Crippen LogP contribution in [0.15, 0.2) is 60.8 Å². The van der Waals surface area contributed by atoms with Crippen molar-refractivity contribution in [3.8, 4) is 11.4 Å². The van der Waals surface area contributed by atoms with Crippen LogP contribution in [0, 0.1) is 0 Å². The number of hydrogen-bond acceptors (Lipinski definition) is 5. The molecule has 1 amide bonds. The van der Waals surface area contributed by atoms with Crippen LogP contribution in [0.4, 0.5) is 19.0 Å². The second-order valence-electron chi connectivity index (χ2n) is 5.76. The molecule has 0 saturated carbocycles. The van der Waals surface area contributed by atoms with Gasteiger partial charge in [-0.1, -0.05) is 18.2 Å². The molecule has 28 heavy (non-hydrogen) atoms. The molecule has 3 aromatic heterocycles. The minimum absolute atomic E-state index is 0.0335. The SMILES string of the molecule is O=C(Nc1ccccn1)c1ccc2nnc(-c3cccc(C(F)(F)F)c3)n2n1. The Bertz CT molecular complexity index is 1160. The number of halogens is 3. The van der Waals surface area contributed by atoms with Gasteiger partial charge in [-0.25, -0.2) is 4.98 Å². The summed E-state index contributed by atoms with van der Waals surface area (Å²) in [5, 5.41) is 14.6. The Hall–Kier alpha value is -3.82. The summed E-state index contributed by atoms with van der Waals surface area (Å²) in [6.45, 7) is 0. The zero-order chi connectivity index (χ0) is 19.7. The van der Waals surface area contributed by atoms with Crippen LogP contribution in [-0.2, 0) is 6.18 Å². The minimum atomic E-state index is -4.49. The maximum absolute atomic E-state index is 13.0. The lowest BCUT2D eigenvalue weighted by atomic mass is 10.1. The fourth-order valence-electron chi connectivity index (χ4n) is 2.54. The number of nitrogens with one attached hydrogen (secondary N) is 1. The predicted molar refractivity (Wildman–Crippen MR) is 93.4 cm³/mol. The summed E-state index contributed by atoms with van der Waals surface area (Å²) in [6, 6.07) is 12.6. The zero-order valence-corrected chi connectivity index (χ0v) is 14.1. The number of nitrogens with zero attached hydrogens (tertiary/aromatic N) is 5. The Kier molecular flexibility index (Phi) is 4.22. The van der Waals surface area contributed by atoms with Crippen molar-refractivity contribution in [1.29, 1.82) is 0 Å². The molecule has 0 saturated heterocycles. The topological polar surface area (TPSA) is 85.1 Å². The number of pyridine rings is 1. The lowest BCUT2D eigenvalue weighted by Gasteiger charge is -2.08. The summed E-state index contributed by atoms with van der Waals surface area (Å²) in [4.78, 5) is 16.4. The summed E-state index contributed by atoms with van der Waals surface area (Å²) in [7, 11) is 0. The lowest BCUT2D eigenvalue weighted by molar-refractivity contribution is -0.137. The molecule has 1 N–H and O–H groups in total. The van der Waals surface area contributed by atoms with Crippen molar-refractivity contribution in [2.24, 2.45) is 0 Å². The van der Waals surface area contributed by atoms with Gasteiger partial charge in [0.25, 0.3) is 5.91 Å². The first-order valence-electron chi connectivity index (χ1n) is 8.04. The largest absolute Gasteiger partial charge is 0.416 e. The molecule has 0 fully saturated rings. The van der Waals surface area contributed by atoms with Gasteiger partial charge in [-0.2, -0.15) is 22.8 Å². The van der Waals surface area contributed by atoms with Gasteiger partial charge >= 0.3 is 6.18 Å². The van der Waals surface area contributed by atoms with Crippen molar-refractivity contribution in [2.45, 2.75) is 6.18 Å². The van der Waals surface area contributed by atoms with E-state index in [0.29, 0.717) is 11.5 Å². The van der Waals surface area contributed by atoms with Gasteiger partial charge in [0.1, 0.15) is 11.5 Å². The van der Waals surface area contributed by atoms with E-state index in [1.165, 1.54) is 35.0 Å². The molecule has 0 aliphatic carbocycles. The molecule has 0 aliphatic heterocycles. The number of anilines is 1. The van der Waals surface area contributed by atoms with Crippen LogP contribution >= 0.6 is 0 Å². The number of alkyl halides is 3. The molecule has 4 rings (SSSR count). The van der Waals surface area contributed by atoms with E-state index in [4.69, 9.17) is 0 Å². The average molecular weight is 384 g/mol. The number of carbonyl (C=O) groups is 1. The summed E-state index contributed by atoms with van der Waals surface area (Å²) >= 11 is 0. The Balaban J connectivity index is 1.72. The molecular weight excluding hydrogens is 373 g/mol. The van der Waals surface area contributed by atoms with Gasteiger partial charge in [0.05, 0.1) is 5.56 Å². The van der Waals surface area contributed by atoms with Gasteiger partial charge in [-0.15, -0.1) is 10.2 Å². The fourth-order valence-corrected chi connectivity index (χ4v) is 2.54. The van der Waals surface area contributed by atoms with Crippen molar-refractivity contribution in [3.63, 3.8) is 0 Å². The van der Waals surface area contributed by atoms with Crippen molar-refractivity contribution in [2.75, 3.05) is 5.32 Å². The zero-order valence-electron chi connectivity index (χ0n) is 14.1. The number of hydrogen-bond donors (Lipinski definition) is 1. The van der Waals surface area contributed by atoms with Crippen LogP contribution in [-0.4, -0.2) is 30.7 Å². The molecule has 0 bridgehead atoms. The second kappa shape index (κ2) is 6.72.